The highest BCUT2D eigenvalue weighted by Crippen LogP contribution is 2.35. The maximum absolute atomic E-state index is 13.2. The second kappa shape index (κ2) is 8.44. The number of hydrogen-bond donors (Lipinski definition) is 0. The third kappa shape index (κ3) is 4.34. The number of halogens is 3. The fraction of sp³-hybridized carbons (Fsp3) is 0.375. The Kier molecular flexibility index (Phi) is 5.94. The summed E-state index contributed by atoms with van der Waals surface area (Å²) in [6.45, 7) is 7.05. The summed E-state index contributed by atoms with van der Waals surface area (Å²) in [6, 6.07) is 11.9. The van der Waals surface area contributed by atoms with Crippen LogP contribution in [0, 0.1) is 6.92 Å². The Morgan fingerprint density at radius 2 is 1.55 bits per heavy atom. The van der Waals surface area contributed by atoms with Crippen LogP contribution in [0.5, 0.6) is 0 Å². The van der Waals surface area contributed by atoms with Gasteiger partial charge in [0.05, 0.1) is 10.3 Å². The van der Waals surface area contributed by atoms with Crippen LogP contribution in [0.2, 0.25) is 0 Å². The van der Waals surface area contributed by atoms with Gasteiger partial charge in [-0.05, 0) is 44.0 Å². The van der Waals surface area contributed by atoms with Crippen LogP contribution in [-0.4, -0.2) is 52.8 Å². The molecule has 33 heavy (non-hydrogen) atoms. The minimum absolute atomic E-state index is 0.00252. The number of amides is 2. The van der Waals surface area contributed by atoms with Gasteiger partial charge in [-0.3, -0.25) is 9.59 Å². The molecule has 0 atom stereocenters. The van der Waals surface area contributed by atoms with E-state index >= 15 is 0 Å². The third-order valence-electron chi connectivity index (χ3n) is 6.17. The Bertz CT molecular complexity index is 1200. The van der Waals surface area contributed by atoms with Crippen LogP contribution < -0.4 is 0 Å². The van der Waals surface area contributed by atoms with E-state index in [-0.39, 0.29) is 16.6 Å². The lowest BCUT2D eigenvalue weighted by atomic mass is 9.83. The van der Waals surface area contributed by atoms with Gasteiger partial charge in [0, 0.05) is 31.6 Å². The Balaban J connectivity index is 1.48. The maximum atomic E-state index is 13.2. The highest BCUT2D eigenvalue weighted by Gasteiger charge is 2.36. The molecule has 3 heterocycles. The van der Waals surface area contributed by atoms with Gasteiger partial charge in [0.25, 0.3) is 5.91 Å². The Labute approximate surface area is 193 Å². The molecule has 9 heteroatoms. The minimum Gasteiger partial charge on any atom is -0.338 e. The number of carbonyl (C=O) groups is 2. The molecule has 0 radical (unpaired) electrons. The lowest BCUT2D eigenvalue weighted by Gasteiger charge is -2.38. The molecule has 5 nitrogen and oxygen atoms in total. The van der Waals surface area contributed by atoms with Crippen LogP contribution in [0.3, 0.4) is 0 Å². The van der Waals surface area contributed by atoms with E-state index in [1.165, 1.54) is 6.07 Å². The Morgan fingerprint density at radius 3 is 2.15 bits per heavy atom. The van der Waals surface area contributed by atoms with Gasteiger partial charge in [-0.25, -0.2) is 4.98 Å². The molecule has 0 spiro atoms. The van der Waals surface area contributed by atoms with Crippen molar-refractivity contribution in [3.63, 3.8) is 0 Å². The first-order valence-electron chi connectivity index (χ1n) is 10.6. The van der Waals surface area contributed by atoms with Crippen molar-refractivity contribution in [2.45, 2.75) is 32.4 Å². The molecule has 1 aromatic carbocycles. The second-order valence-electron chi connectivity index (χ2n) is 8.68. The average molecular weight is 476 g/mol. The predicted octanol–water partition coefficient (Wildman–Crippen LogP) is 4.89. The van der Waals surface area contributed by atoms with Crippen molar-refractivity contribution in [3.05, 3.63) is 64.2 Å². The molecule has 4 rings (SSSR count). The highest BCUT2D eigenvalue weighted by molar-refractivity contribution is 7.20. The van der Waals surface area contributed by atoms with E-state index in [0.29, 0.717) is 42.0 Å². The van der Waals surface area contributed by atoms with Crippen LogP contribution in [0.15, 0.2) is 42.5 Å². The number of piperazine rings is 1. The standard InChI is InChI=1S/C24H24F3N3O2S/c1-15-17-9-10-18(24(25,26)27)28-20(17)33-19(15)21(31)29-11-13-30(14-12-29)22(32)23(2,3)16-7-5-4-6-8-16/h4-10H,11-14H2,1-3H3. The number of aromatic nitrogens is 1. The van der Waals surface area contributed by atoms with Crippen molar-refractivity contribution in [2.24, 2.45) is 0 Å². The number of alkyl halides is 3. The summed E-state index contributed by atoms with van der Waals surface area (Å²) in [6.07, 6.45) is -4.54. The van der Waals surface area contributed by atoms with Crippen molar-refractivity contribution >= 4 is 33.4 Å². The van der Waals surface area contributed by atoms with Crippen molar-refractivity contribution in [2.75, 3.05) is 26.2 Å². The SMILES string of the molecule is Cc1c(C(=O)N2CCN(C(=O)C(C)(C)c3ccccc3)CC2)sc2nc(C(F)(F)F)ccc12. The van der Waals surface area contributed by atoms with Crippen LogP contribution in [0.25, 0.3) is 10.2 Å². The van der Waals surface area contributed by atoms with Crippen LogP contribution in [0.1, 0.15) is 40.3 Å². The predicted molar refractivity (Wildman–Crippen MR) is 121 cm³/mol. The summed E-state index contributed by atoms with van der Waals surface area (Å²) in [7, 11) is 0. The van der Waals surface area contributed by atoms with Gasteiger partial charge in [0.1, 0.15) is 10.5 Å². The number of aryl methyl sites for hydroxylation is 1. The molecule has 3 aromatic rings. The first-order chi connectivity index (χ1) is 15.5. The summed E-state index contributed by atoms with van der Waals surface area (Å²) in [5.74, 6) is -0.235. The normalized spacial score (nSPS) is 15.2. The number of carbonyl (C=O) groups excluding carboxylic acids is 2. The summed E-state index contributed by atoms with van der Waals surface area (Å²) in [5.41, 5.74) is -0.0920. The van der Waals surface area contributed by atoms with E-state index in [0.717, 1.165) is 23.0 Å². The number of fused-ring (bicyclic) bond motifs is 1. The summed E-state index contributed by atoms with van der Waals surface area (Å²) < 4.78 is 39.0. The van der Waals surface area contributed by atoms with E-state index in [4.69, 9.17) is 0 Å². The van der Waals surface area contributed by atoms with Gasteiger partial charge in [-0.2, -0.15) is 13.2 Å². The Hall–Kier alpha value is -2.94. The van der Waals surface area contributed by atoms with Crippen LogP contribution in [0.4, 0.5) is 13.2 Å². The van der Waals surface area contributed by atoms with E-state index < -0.39 is 17.3 Å². The summed E-state index contributed by atoms with van der Waals surface area (Å²) in [4.78, 5) is 34.1. The van der Waals surface area contributed by atoms with Crippen molar-refractivity contribution < 1.29 is 22.8 Å². The molecule has 0 N–H and O–H groups in total. The number of pyridine rings is 1. The van der Waals surface area contributed by atoms with E-state index in [1.54, 1.807) is 16.7 Å². The molecular weight excluding hydrogens is 451 g/mol. The smallest absolute Gasteiger partial charge is 0.338 e. The van der Waals surface area contributed by atoms with Crippen molar-refractivity contribution in [1.29, 1.82) is 0 Å². The zero-order valence-electron chi connectivity index (χ0n) is 18.6. The number of benzene rings is 1. The van der Waals surface area contributed by atoms with Crippen LogP contribution in [-0.2, 0) is 16.4 Å². The van der Waals surface area contributed by atoms with Gasteiger partial charge in [-0.1, -0.05) is 30.3 Å². The van der Waals surface area contributed by atoms with E-state index in [2.05, 4.69) is 4.98 Å². The quantitative estimate of drug-likeness (QED) is 0.542. The van der Waals surface area contributed by atoms with Gasteiger partial charge >= 0.3 is 6.18 Å². The fourth-order valence-corrected chi connectivity index (χ4v) is 5.24. The fourth-order valence-electron chi connectivity index (χ4n) is 4.09. The minimum atomic E-state index is -4.54. The van der Waals surface area contributed by atoms with Gasteiger partial charge in [-0.15, -0.1) is 11.3 Å². The zero-order valence-corrected chi connectivity index (χ0v) is 19.4. The number of nitrogens with zero attached hydrogens (tertiary/aromatic N) is 3. The number of hydrogen-bond acceptors (Lipinski definition) is 4. The highest BCUT2D eigenvalue weighted by atomic mass is 32.1. The monoisotopic (exact) mass is 475 g/mol. The molecule has 0 bridgehead atoms. The summed E-state index contributed by atoms with van der Waals surface area (Å²) >= 11 is 0.982. The second-order valence-corrected chi connectivity index (χ2v) is 9.68. The molecule has 1 aliphatic heterocycles. The first kappa shape index (κ1) is 23.2. The largest absolute Gasteiger partial charge is 0.433 e. The Morgan fingerprint density at radius 1 is 0.939 bits per heavy atom. The number of rotatable bonds is 3. The molecule has 0 unspecified atom stereocenters. The van der Waals surface area contributed by atoms with Gasteiger partial charge in [0.2, 0.25) is 5.91 Å². The number of thiophene rings is 1. The molecular formula is C24H24F3N3O2S. The maximum Gasteiger partial charge on any atom is 0.433 e. The van der Waals surface area contributed by atoms with Crippen LogP contribution >= 0.6 is 11.3 Å². The topological polar surface area (TPSA) is 53.5 Å². The van der Waals surface area contributed by atoms with Crippen molar-refractivity contribution in [1.82, 2.24) is 14.8 Å². The first-order valence-corrected chi connectivity index (χ1v) is 11.4. The van der Waals surface area contributed by atoms with E-state index in [1.807, 2.05) is 44.2 Å². The van der Waals surface area contributed by atoms with Gasteiger partial charge in [0.15, 0.2) is 0 Å². The molecule has 0 saturated carbocycles. The molecule has 2 aromatic heterocycles. The molecule has 1 saturated heterocycles. The van der Waals surface area contributed by atoms with Crippen molar-refractivity contribution in [3.8, 4) is 0 Å². The lowest BCUT2D eigenvalue weighted by Crippen LogP contribution is -2.54. The van der Waals surface area contributed by atoms with E-state index in [9.17, 15) is 22.8 Å². The molecule has 1 fully saturated rings. The van der Waals surface area contributed by atoms with Gasteiger partial charge < -0.3 is 9.80 Å². The molecule has 0 aliphatic carbocycles. The zero-order chi connectivity index (χ0) is 24.0. The molecule has 2 amide bonds. The molecule has 174 valence electrons. The molecule has 1 aliphatic rings. The lowest BCUT2D eigenvalue weighted by molar-refractivity contribution is -0.141. The summed E-state index contributed by atoms with van der Waals surface area (Å²) in [5, 5.41) is 0.551. The third-order valence-corrected chi connectivity index (χ3v) is 7.36. The average Bonchev–Trinajstić information content (AvgIpc) is 3.14.